The second-order valence-corrected chi connectivity index (χ2v) is 4.79. The van der Waals surface area contributed by atoms with Crippen molar-refractivity contribution < 1.29 is 9.50 Å². The lowest BCUT2D eigenvalue weighted by Crippen LogP contribution is -2.01. The lowest BCUT2D eigenvalue weighted by Gasteiger charge is -2.13. The number of hydrogen-bond donors (Lipinski definition) is 1. The van der Waals surface area contributed by atoms with Crippen LogP contribution in [0, 0.1) is 12.7 Å². The smallest absolute Gasteiger partial charge is 0.126 e. The van der Waals surface area contributed by atoms with Gasteiger partial charge in [0.1, 0.15) is 11.9 Å². The van der Waals surface area contributed by atoms with Crippen molar-refractivity contribution in [2.75, 3.05) is 0 Å². The number of rotatable bonds is 2. The van der Waals surface area contributed by atoms with Crippen LogP contribution in [-0.4, -0.2) is 5.11 Å². The van der Waals surface area contributed by atoms with Crippen molar-refractivity contribution in [3.8, 4) is 0 Å². The van der Waals surface area contributed by atoms with Crippen LogP contribution >= 0.6 is 15.9 Å². The van der Waals surface area contributed by atoms with Gasteiger partial charge < -0.3 is 5.11 Å². The minimum atomic E-state index is -0.819. The molecule has 88 valence electrons. The number of hydrogen-bond acceptors (Lipinski definition) is 1. The highest BCUT2D eigenvalue weighted by Crippen LogP contribution is 2.28. The van der Waals surface area contributed by atoms with Crippen LogP contribution in [0.5, 0.6) is 0 Å². The average molecular weight is 295 g/mol. The monoisotopic (exact) mass is 294 g/mol. The first-order valence-corrected chi connectivity index (χ1v) is 6.07. The molecule has 0 radical (unpaired) electrons. The van der Waals surface area contributed by atoms with Crippen molar-refractivity contribution in [2.45, 2.75) is 13.0 Å². The molecular weight excluding hydrogens is 283 g/mol. The minimum absolute atomic E-state index is 0.298. The first kappa shape index (κ1) is 12.3. The van der Waals surface area contributed by atoms with Gasteiger partial charge in [-0.1, -0.05) is 46.3 Å². The van der Waals surface area contributed by atoms with Gasteiger partial charge in [-0.25, -0.2) is 4.39 Å². The first-order valence-electron chi connectivity index (χ1n) is 5.28. The van der Waals surface area contributed by atoms with Gasteiger partial charge in [-0.05, 0) is 35.7 Å². The number of benzene rings is 2. The molecule has 1 atom stereocenters. The highest BCUT2D eigenvalue weighted by Gasteiger charge is 2.14. The quantitative estimate of drug-likeness (QED) is 0.888. The fraction of sp³-hybridized carbons (Fsp3) is 0.143. The van der Waals surface area contributed by atoms with Gasteiger partial charge in [-0.15, -0.1) is 0 Å². The Morgan fingerprint density at radius 1 is 1.18 bits per heavy atom. The molecule has 1 unspecified atom stereocenters. The Balaban J connectivity index is 2.40. The molecule has 0 spiro atoms. The molecule has 2 aromatic carbocycles. The molecule has 0 heterocycles. The molecule has 17 heavy (non-hydrogen) atoms. The maximum absolute atomic E-state index is 13.4. The van der Waals surface area contributed by atoms with Crippen molar-refractivity contribution in [3.05, 3.63) is 69.4 Å². The lowest BCUT2D eigenvalue weighted by atomic mass is 10.0. The van der Waals surface area contributed by atoms with E-state index in [2.05, 4.69) is 15.9 Å². The molecule has 1 nitrogen and oxygen atoms in total. The van der Waals surface area contributed by atoms with Crippen LogP contribution in [0.3, 0.4) is 0 Å². The van der Waals surface area contributed by atoms with Crippen LogP contribution in [0.4, 0.5) is 4.39 Å². The maximum atomic E-state index is 13.4. The predicted octanol–water partition coefficient (Wildman–Crippen LogP) is 3.98. The Hall–Kier alpha value is -1.19. The number of halogens is 2. The zero-order valence-electron chi connectivity index (χ0n) is 9.32. The van der Waals surface area contributed by atoms with Crippen LogP contribution in [0.2, 0.25) is 0 Å². The summed E-state index contributed by atoms with van der Waals surface area (Å²) >= 11 is 3.37. The van der Waals surface area contributed by atoms with Crippen LogP contribution < -0.4 is 0 Å². The third-order valence-electron chi connectivity index (χ3n) is 2.71. The van der Waals surface area contributed by atoms with Gasteiger partial charge in [-0.2, -0.15) is 0 Å². The largest absolute Gasteiger partial charge is 0.384 e. The van der Waals surface area contributed by atoms with E-state index in [0.29, 0.717) is 11.1 Å². The van der Waals surface area contributed by atoms with E-state index in [9.17, 15) is 9.50 Å². The normalized spacial score (nSPS) is 12.5. The molecule has 0 bridgehead atoms. The fourth-order valence-electron chi connectivity index (χ4n) is 1.66. The molecule has 0 aliphatic rings. The van der Waals surface area contributed by atoms with Gasteiger partial charge in [0.15, 0.2) is 0 Å². The van der Waals surface area contributed by atoms with Gasteiger partial charge >= 0.3 is 0 Å². The van der Waals surface area contributed by atoms with Crippen molar-refractivity contribution in [3.63, 3.8) is 0 Å². The number of aryl methyl sites for hydroxylation is 1. The van der Waals surface area contributed by atoms with Gasteiger partial charge in [0.25, 0.3) is 0 Å². The summed E-state index contributed by atoms with van der Waals surface area (Å²) < 4.78 is 14.2. The summed E-state index contributed by atoms with van der Waals surface area (Å²) in [6, 6.07) is 12.2. The lowest BCUT2D eigenvalue weighted by molar-refractivity contribution is 0.219. The van der Waals surface area contributed by atoms with E-state index >= 15 is 0 Å². The van der Waals surface area contributed by atoms with Crippen molar-refractivity contribution in [1.82, 2.24) is 0 Å². The molecule has 0 saturated carbocycles. The minimum Gasteiger partial charge on any atom is -0.384 e. The summed E-state index contributed by atoms with van der Waals surface area (Å²) in [4.78, 5) is 0. The summed E-state index contributed by atoms with van der Waals surface area (Å²) in [5, 5.41) is 10.2. The van der Waals surface area contributed by atoms with Gasteiger partial charge in [0.05, 0.1) is 0 Å². The Morgan fingerprint density at radius 3 is 2.53 bits per heavy atom. The second kappa shape index (κ2) is 4.98. The van der Waals surface area contributed by atoms with E-state index in [1.54, 1.807) is 19.1 Å². The van der Waals surface area contributed by atoms with Crippen molar-refractivity contribution in [2.24, 2.45) is 0 Å². The number of aliphatic hydroxyl groups is 1. The zero-order chi connectivity index (χ0) is 12.4. The third-order valence-corrected chi connectivity index (χ3v) is 3.43. The molecule has 0 aliphatic carbocycles. The summed E-state index contributed by atoms with van der Waals surface area (Å²) in [6.45, 7) is 1.70. The maximum Gasteiger partial charge on any atom is 0.126 e. The SMILES string of the molecule is Cc1ccc(C(O)c2ccccc2Br)cc1F. The Bertz CT molecular complexity index is 539. The van der Waals surface area contributed by atoms with Gasteiger partial charge in [0, 0.05) is 4.47 Å². The zero-order valence-corrected chi connectivity index (χ0v) is 10.9. The van der Waals surface area contributed by atoms with E-state index < -0.39 is 6.10 Å². The fourth-order valence-corrected chi connectivity index (χ4v) is 2.16. The van der Waals surface area contributed by atoms with Gasteiger partial charge in [0.2, 0.25) is 0 Å². The van der Waals surface area contributed by atoms with Gasteiger partial charge in [-0.3, -0.25) is 0 Å². The van der Waals surface area contributed by atoms with Crippen LogP contribution in [-0.2, 0) is 0 Å². The highest BCUT2D eigenvalue weighted by molar-refractivity contribution is 9.10. The third kappa shape index (κ3) is 2.56. The summed E-state index contributed by atoms with van der Waals surface area (Å²) in [5.41, 5.74) is 1.86. The van der Waals surface area contributed by atoms with Crippen LogP contribution in [0.1, 0.15) is 22.8 Å². The highest BCUT2D eigenvalue weighted by atomic mass is 79.9. The van der Waals surface area contributed by atoms with E-state index in [0.717, 1.165) is 10.0 Å². The van der Waals surface area contributed by atoms with E-state index in [1.165, 1.54) is 6.07 Å². The summed E-state index contributed by atoms with van der Waals surface area (Å²) in [7, 11) is 0. The van der Waals surface area contributed by atoms with Crippen LogP contribution in [0.25, 0.3) is 0 Å². The molecular formula is C14H12BrFO. The van der Waals surface area contributed by atoms with Crippen molar-refractivity contribution in [1.29, 1.82) is 0 Å². The Kier molecular flexibility index (Phi) is 3.60. The first-order chi connectivity index (χ1) is 8.09. The van der Waals surface area contributed by atoms with Crippen LogP contribution in [0.15, 0.2) is 46.9 Å². The molecule has 2 rings (SSSR count). The van der Waals surface area contributed by atoms with E-state index in [4.69, 9.17) is 0 Å². The molecule has 0 saturated heterocycles. The molecule has 3 heteroatoms. The molecule has 0 fully saturated rings. The Labute approximate surface area is 108 Å². The molecule has 1 N–H and O–H groups in total. The molecule has 0 aromatic heterocycles. The predicted molar refractivity (Wildman–Crippen MR) is 69.3 cm³/mol. The standard InChI is InChI=1S/C14H12BrFO/c1-9-6-7-10(8-13(9)16)14(17)11-4-2-3-5-12(11)15/h2-8,14,17H,1H3. The molecule has 0 aliphatic heterocycles. The summed E-state index contributed by atoms with van der Waals surface area (Å²) in [6.07, 6.45) is -0.819. The van der Waals surface area contributed by atoms with E-state index in [-0.39, 0.29) is 5.82 Å². The average Bonchev–Trinajstić information content (AvgIpc) is 2.32. The molecule has 2 aromatic rings. The Morgan fingerprint density at radius 2 is 1.88 bits per heavy atom. The molecule has 0 amide bonds. The summed E-state index contributed by atoms with van der Waals surface area (Å²) in [5.74, 6) is -0.298. The number of aliphatic hydroxyl groups excluding tert-OH is 1. The topological polar surface area (TPSA) is 20.2 Å². The van der Waals surface area contributed by atoms with Crippen molar-refractivity contribution >= 4 is 15.9 Å². The second-order valence-electron chi connectivity index (χ2n) is 3.93. The van der Waals surface area contributed by atoms with E-state index in [1.807, 2.05) is 24.3 Å².